The highest BCUT2D eigenvalue weighted by molar-refractivity contribution is 7.10. The summed E-state index contributed by atoms with van der Waals surface area (Å²) in [6.45, 7) is 0. The van der Waals surface area contributed by atoms with Crippen molar-refractivity contribution in [1.82, 2.24) is 0 Å². The van der Waals surface area contributed by atoms with Gasteiger partial charge in [0, 0.05) is 15.5 Å². The summed E-state index contributed by atoms with van der Waals surface area (Å²) in [5, 5.41) is 2.28. The maximum absolute atomic E-state index is 13.5. The van der Waals surface area contributed by atoms with Crippen LogP contribution in [0.1, 0.15) is 16.5 Å². The van der Waals surface area contributed by atoms with Gasteiger partial charge in [0.15, 0.2) is 0 Å². The molecule has 0 aliphatic rings. The van der Waals surface area contributed by atoms with Gasteiger partial charge in [-0.15, -0.1) is 23.7 Å². The molecule has 0 saturated carbocycles. The summed E-state index contributed by atoms with van der Waals surface area (Å²) in [5.74, 6) is -0.358. The molecule has 0 unspecified atom stereocenters. The Balaban J connectivity index is 0.00000128. The number of hydrogen-bond acceptors (Lipinski definition) is 2. The van der Waals surface area contributed by atoms with Crippen LogP contribution in [0.15, 0.2) is 35.7 Å². The molecule has 2 aromatic rings. The summed E-state index contributed by atoms with van der Waals surface area (Å²) in [7, 11) is 0. The van der Waals surface area contributed by atoms with Crippen molar-refractivity contribution in [2.24, 2.45) is 5.73 Å². The first-order valence-corrected chi connectivity index (χ1v) is 5.69. The van der Waals surface area contributed by atoms with E-state index in [-0.39, 0.29) is 18.2 Å². The van der Waals surface area contributed by atoms with Crippen molar-refractivity contribution in [2.75, 3.05) is 0 Å². The highest BCUT2D eigenvalue weighted by atomic mass is 35.5. The Labute approximate surface area is 108 Å². The van der Waals surface area contributed by atoms with Crippen LogP contribution in [-0.4, -0.2) is 0 Å². The lowest BCUT2D eigenvalue weighted by Gasteiger charge is -2.12. The zero-order valence-electron chi connectivity index (χ0n) is 8.19. The molecule has 0 saturated heterocycles. The molecular weight excluding hydrogens is 268 g/mol. The van der Waals surface area contributed by atoms with Gasteiger partial charge >= 0.3 is 0 Å². The van der Waals surface area contributed by atoms with Crippen LogP contribution >= 0.6 is 35.3 Å². The molecule has 1 atom stereocenters. The first kappa shape index (κ1) is 13.5. The van der Waals surface area contributed by atoms with E-state index in [1.54, 1.807) is 12.1 Å². The lowest BCUT2D eigenvalue weighted by atomic mass is 10.1. The normalized spacial score (nSPS) is 11.9. The van der Waals surface area contributed by atoms with Crippen molar-refractivity contribution < 1.29 is 4.39 Å². The maximum Gasteiger partial charge on any atom is 0.129 e. The first-order chi connectivity index (χ1) is 7.20. The SMILES string of the molecule is Cl.N[C@H](c1cccs1)c1c(F)cccc1Cl. The van der Waals surface area contributed by atoms with Crippen molar-refractivity contribution in [3.8, 4) is 0 Å². The van der Waals surface area contributed by atoms with E-state index in [1.165, 1.54) is 17.4 Å². The Morgan fingerprint density at radius 3 is 2.56 bits per heavy atom. The smallest absolute Gasteiger partial charge is 0.129 e. The number of thiophene rings is 1. The van der Waals surface area contributed by atoms with Crippen LogP contribution in [0.25, 0.3) is 0 Å². The second-order valence-electron chi connectivity index (χ2n) is 3.13. The molecule has 1 nitrogen and oxygen atoms in total. The molecule has 1 heterocycles. The van der Waals surface area contributed by atoms with Gasteiger partial charge in [0.2, 0.25) is 0 Å². The number of halogens is 3. The predicted octanol–water partition coefficient (Wildman–Crippen LogP) is 4.01. The van der Waals surface area contributed by atoms with Crippen molar-refractivity contribution in [3.05, 3.63) is 57.0 Å². The average molecular weight is 278 g/mol. The zero-order chi connectivity index (χ0) is 10.8. The van der Waals surface area contributed by atoms with E-state index in [9.17, 15) is 4.39 Å². The first-order valence-electron chi connectivity index (χ1n) is 4.43. The summed E-state index contributed by atoms with van der Waals surface area (Å²) >= 11 is 7.42. The molecule has 0 fully saturated rings. The molecule has 0 spiro atoms. The van der Waals surface area contributed by atoms with Crippen LogP contribution in [0, 0.1) is 5.82 Å². The molecule has 2 rings (SSSR count). The van der Waals surface area contributed by atoms with E-state index in [4.69, 9.17) is 17.3 Å². The second kappa shape index (κ2) is 5.64. The molecule has 1 aromatic heterocycles. The third kappa shape index (κ3) is 2.55. The van der Waals surface area contributed by atoms with E-state index in [0.717, 1.165) is 4.88 Å². The molecule has 5 heteroatoms. The van der Waals surface area contributed by atoms with Crippen molar-refractivity contribution in [1.29, 1.82) is 0 Å². The number of rotatable bonds is 2. The lowest BCUT2D eigenvalue weighted by Crippen LogP contribution is -2.12. The van der Waals surface area contributed by atoms with Gasteiger partial charge in [0.25, 0.3) is 0 Å². The van der Waals surface area contributed by atoms with Crippen molar-refractivity contribution in [2.45, 2.75) is 6.04 Å². The molecule has 2 N–H and O–H groups in total. The highest BCUT2D eigenvalue weighted by Gasteiger charge is 2.17. The molecule has 0 radical (unpaired) electrons. The second-order valence-corrected chi connectivity index (χ2v) is 4.51. The van der Waals surface area contributed by atoms with Gasteiger partial charge in [-0.05, 0) is 23.6 Å². The van der Waals surface area contributed by atoms with Crippen molar-refractivity contribution in [3.63, 3.8) is 0 Å². The Morgan fingerprint density at radius 1 is 1.25 bits per heavy atom. The van der Waals surface area contributed by atoms with Gasteiger partial charge in [-0.2, -0.15) is 0 Å². The summed E-state index contributed by atoms with van der Waals surface area (Å²) in [5.41, 5.74) is 6.31. The van der Waals surface area contributed by atoms with Gasteiger partial charge in [0.05, 0.1) is 6.04 Å². The van der Waals surface area contributed by atoms with Gasteiger partial charge in [0.1, 0.15) is 5.82 Å². The molecular formula is C11H10Cl2FNS. The van der Waals surface area contributed by atoms with Crippen LogP contribution in [0.2, 0.25) is 5.02 Å². The van der Waals surface area contributed by atoms with Crippen LogP contribution < -0.4 is 5.73 Å². The van der Waals surface area contributed by atoms with Gasteiger partial charge in [-0.1, -0.05) is 23.7 Å². The van der Waals surface area contributed by atoms with Gasteiger partial charge < -0.3 is 5.73 Å². The fourth-order valence-electron chi connectivity index (χ4n) is 1.42. The van der Waals surface area contributed by atoms with E-state index < -0.39 is 6.04 Å². The quantitative estimate of drug-likeness (QED) is 0.882. The van der Waals surface area contributed by atoms with Gasteiger partial charge in [-0.3, -0.25) is 0 Å². The minimum atomic E-state index is -0.487. The van der Waals surface area contributed by atoms with Crippen LogP contribution in [0.4, 0.5) is 4.39 Å². The fraction of sp³-hybridized carbons (Fsp3) is 0.0909. The summed E-state index contributed by atoms with van der Waals surface area (Å²) < 4.78 is 13.5. The number of hydrogen-bond donors (Lipinski definition) is 1. The minimum Gasteiger partial charge on any atom is -0.319 e. The monoisotopic (exact) mass is 277 g/mol. The predicted molar refractivity (Wildman–Crippen MR) is 69.0 cm³/mol. The topological polar surface area (TPSA) is 26.0 Å². The van der Waals surface area contributed by atoms with Crippen LogP contribution in [-0.2, 0) is 0 Å². The summed E-state index contributed by atoms with van der Waals surface area (Å²) in [4.78, 5) is 0.905. The Kier molecular flexibility index (Phi) is 4.74. The van der Waals surface area contributed by atoms with Crippen LogP contribution in [0.3, 0.4) is 0 Å². The maximum atomic E-state index is 13.5. The van der Waals surface area contributed by atoms with Crippen molar-refractivity contribution >= 4 is 35.3 Å². The van der Waals surface area contributed by atoms with E-state index >= 15 is 0 Å². The molecule has 0 amide bonds. The molecule has 1 aromatic carbocycles. The lowest BCUT2D eigenvalue weighted by molar-refractivity contribution is 0.601. The molecule has 86 valence electrons. The molecule has 16 heavy (non-hydrogen) atoms. The van der Waals surface area contributed by atoms with E-state index in [0.29, 0.717) is 10.6 Å². The third-order valence-electron chi connectivity index (χ3n) is 2.16. The Morgan fingerprint density at radius 2 is 2.00 bits per heavy atom. The summed E-state index contributed by atoms with van der Waals surface area (Å²) in [6.07, 6.45) is 0. The minimum absolute atomic E-state index is 0. The molecule has 0 bridgehead atoms. The Hall–Kier alpha value is -0.610. The zero-order valence-corrected chi connectivity index (χ0v) is 10.6. The third-order valence-corrected chi connectivity index (χ3v) is 3.45. The number of nitrogens with two attached hydrogens (primary N) is 1. The van der Waals surface area contributed by atoms with Gasteiger partial charge in [-0.25, -0.2) is 4.39 Å². The number of benzene rings is 1. The van der Waals surface area contributed by atoms with Crippen LogP contribution in [0.5, 0.6) is 0 Å². The fourth-order valence-corrected chi connectivity index (χ4v) is 2.43. The average Bonchev–Trinajstić information content (AvgIpc) is 2.69. The Bertz CT molecular complexity index is 439. The standard InChI is InChI=1S/C11H9ClFNS.ClH/c12-7-3-1-4-8(13)10(7)11(14)9-5-2-6-15-9;/h1-6,11H,14H2;1H/t11-;/m1./s1. The van der Waals surface area contributed by atoms with E-state index in [2.05, 4.69) is 0 Å². The largest absolute Gasteiger partial charge is 0.319 e. The molecule has 0 aliphatic carbocycles. The highest BCUT2D eigenvalue weighted by Crippen LogP contribution is 2.30. The van der Waals surface area contributed by atoms with E-state index in [1.807, 2.05) is 17.5 Å². The molecule has 0 aliphatic heterocycles. The summed E-state index contributed by atoms with van der Waals surface area (Å²) in [6, 6.07) is 7.86.